The molecule has 10 heteroatoms. The lowest BCUT2D eigenvalue weighted by atomic mass is 9.98. The van der Waals surface area contributed by atoms with Gasteiger partial charge in [-0.25, -0.2) is 4.98 Å². The molecule has 0 aliphatic rings. The Morgan fingerprint density at radius 3 is 2.29 bits per heavy atom. The first kappa shape index (κ1) is 29.1. The Labute approximate surface area is 242 Å². The van der Waals surface area contributed by atoms with Gasteiger partial charge < -0.3 is 14.8 Å². The highest BCUT2D eigenvalue weighted by atomic mass is 32.2. The number of thioether (sulfide) groups is 1. The van der Waals surface area contributed by atoms with Crippen molar-refractivity contribution in [3.8, 4) is 40.0 Å². The topological polar surface area (TPSA) is 127 Å². The van der Waals surface area contributed by atoms with E-state index in [0.717, 1.165) is 28.5 Å². The molecular weight excluding hydrogens is 540 g/mol. The SMILES string of the molecule is COc1ccc(-c2cc(-c3ccc(C)cc3)nc(S[C@@H](C)C(=O)Nc3ccc([N+](=O)[O-])cc3C)c2C#N)cc1OC. The number of benzene rings is 3. The molecule has 41 heavy (non-hydrogen) atoms. The van der Waals surface area contributed by atoms with Gasteiger partial charge >= 0.3 is 0 Å². The standard InChI is InChI=1S/C31H28N4O5S/c1-18-6-8-21(9-7-18)27-16-24(22-10-13-28(39-4)29(15-22)40-5)25(17-32)31(34-27)41-20(3)30(36)33-26-12-11-23(35(37)38)14-19(26)2/h6-16,20H,1-5H3,(H,33,36)/t20-/m0/s1. The molecule has 0 fully saturated rings. The Morgan fingerprint density at radius 1 is 1.00 bits per heavy atom. The van der Waals surface area contributed by atoms with Gasteiger partial charge in [0.2, 0.25) is 5.91 Å². The molecule has 0 radical (unpaired) electrons. The second kappa shape index (κ2) is 12.5. The van der Waals surface area contributed by atoms with Gasteiger partial charge in [-0.1, -0.05) is 47.7 Å². The van der Waals surface area contributed by atoms with Gasteiger partial charge in [0, 0.05) is 28.9 Å². The second-order valence-electron chi connectivity index (χ2n) is 9.29. The van der Waals surface area contributed by atoms with Crippen molar-refractivity contribution in [1.82, 2.24) is 4.98 Å². The van der Waals surface area contributed by atoms with Crippen LogP contribution in [0.25, 0.3) is 22.4 Å². The summed E-state index contributed by atoms with van der Waals surface area (Å²) in [5, 5.41) is 23.9. The van der Waals surface area contributed by atoms with Crippen LogP contribution in [-0.2, 0) is 4.79 Å². The molecule has 1 amide bonds. The van der Waals surface area contributed by atoms with E-state index in [9.17, 15) is 20.2 Å². The number of amides is 1. The molecule has 0 aliphatic heterocycles. The average Bonchev–Trinajstić information content (AvgIpc) is 2.97. The number of carbonyl (C=O) groups is 1. The van der Waals surface area contributed by atoms with Crippen LogP contribution in [0, 0.1) is 35.3 Å². The first-order chi connectivity index (χ1) is 19.6. The minimum absolute atomic E-state index is 0.0543. The van der Waals surface area contributed by atoms with Gasteiger partial charge in [-0.2, -0.15) is 5.26 Å². The van der Waals surface area contributed by atoms with Gasteiger partial charge in [0.25, 0.3) is 5.69 Å². The van der Waals surface area contributed by atoms with E-state index in [0.29, 0.717) is 44.6 Å². The third-order valence-electron chi connectivity index (χ3n) is 6.48. The summed E-state index contributed by atoms with van der Waals surface area (Å²) in [5.74, 6) is 0.748. The highest BCUT2D eigenvalue weighted by Gasteiger charge is 2.23. The summed E-state index contributed by atoms with van der Waals surface area (Å²) in [6, 6.07) is 21.7. The summed E-state index contributed by atoms with van der Waals surface area (Å²) < 4.78 is 10.9. The van der Waals surface area contributed by atoms with E-state index in [-0.39, 0.29) is 11.6 Å². The van der Waals surface area contributed by atoms with Crippen LogP contribution >= 0.6 is 11.8 Å². The Bertz CT molecular complexity index is 1660. The second-order valence-corrected chi connectivity index (χ2v) is 10.6. The van der Waals surface area contributed by atoms with Crippen LogP contribution in [0.5, 0.6) is 11.5 Å². The predicted molar refractivity (Wildman–Crippen MR) is 159 cm³/mol. The molecule has 0 saturated heterocycles. The fourth-order valence-corrected chi connectivity index (χ4v) is 5.10. The number of hydrogen-bond acceptors (Lipinski definition) is 8. The molecule has 9 nitrogen and oxygen atoms in total. The molecule has 4 rings (SSSR count). The maximum Gasteiger partial charge on any atom is 0.269 e. The molecule has 1 atom stereocenters. The van der Waals surface area contributed by atoms with Crippen molar-refractivity contribution in [1.29, 1.82) is 5.26 Å². The van der Waals surface area contributed by atoms with Crippen molar-refractivity contribution in [2.24, 2.45) is 0 Å². The van der Waals surface area contributed by atoms with E-state index >= 15 is 0 Å². The van der Waals surface area contributed by atoms with E-state index < -0.39 is 10.2 Å². The maximum atomic E-state index is 13.2. The fourth-order valence-electron chi connectivity index (χ4n) is 4.18. The Balaban J connectivity index is 1.75. The maximum absolute atomic E-state index is 13.2. The van der Waals surface area contributed by atoms with Gasteiger partial charge in [-0.3, -0.25) is 14.9 Å². The number of nitriles is 1. The lowest BCUT2D eigenvalue weighted by Gasteiger charge is -2.17. The predicted octanol–water partition coefficient (Wildman–Crippen LogP) is 6.95. The highest BCUT2D eigenvalue weighted by molar-refractivity contribution is 8.00. The van der Waals surface area contributed by atoms with Crippen LogP contribution in [0.1, 0.15) is 23.6 Å². The number of nitrogens with one attached hydrogen (secondary N) is 1. The summed E-state index contributed by atoms with van der Waals surface area (Å²) in [5.41, 5.74) is 5.29. The third-order valence-corrected chi connectivity index (χ3v) is 7.56. The third kappa shape index (κ3) is 6.48. The van der Waals surface area contributed by atoms with Crippen LogP contribution in [0.2, 0.25) is 0 Å². The smallest absolute Gasteiger partial charge is 0.269 e. The number of anilines is 1. The summed E-state index contributed by atoms with van der Waals surface area (Å²) in [4.78, 5) is 28.6. The van der Waals surface area contributed by atoms with E-state index in [1.165, 1.54) is 18.2 Å². The molecule has 4 aromatic rings. The van der Waals surface area contributed by atoms with E-state index in [2.05, 4.69) is 11.4 Å². The molecule has 0 saturated carbocycles. The number of carbonyl (C=O) groups excluding carboxylic acids is 1. The van der Waals surface area contributed by atoms with Crippen molar-refractivity contribution in [2.75, 3.05) is 19.5 Å². The van der Waals surface area contributed by atoms with Gasteiger partial charge in [0.05, 0.1) is 35.7 Å². The van der Waals surface area contributed by atoms with Crippen molar-refractivity contribution in [2.45, 2.75) is 31.0 Å². The molecule has 3 aromatic carbocycles. The monoisotopic (exact) mass is 568 g/mol. The van der Waals surface area contributed by atoms with Gasteiger partial charge in [-0.15, -0.1) is 0 Å². The van der Waals surface area contributed by atoms with Gasteiger partial charge in [-0.05, 0) is 56.2 Å². The number of nitrogens with zero attached hydrogens (tertiary/aromatic N) is 3. The minimum Gasteiger partial charge on any atom is -0.493 e. The zero-order valence-corrected chi connectivity index (χ0v) is 24.0. The number of methoxy groups -OCH3 is 2. The Morgan fingerprint density at radius 2 is 1.68 bits per heavy atom. The zero-order chi connectivity index (χ0) is 29.7. The lowest BCUT2D eigenvalue weighted by Crippen LogP contribution is -2.23. The number of rotatable bonds is 9. The first-order valence-electron chi connectivity index (χ1n) is 12.6. The van der Waals surface area contributed by atoms with Crippen molar-refractivity contribution in [3.63, 3.8) is 0 Å². The van der Waals surface area contributed by atoms with Crippen LogP contribution in [0.3, 0.4) is 0 Å². The van der Waals surface area contributed by atoms with Crippen LogP contribution < -0.4 is 14.8 Å². The zero-order valence-electron chi connectivity index (χ0n) is 23.2. The summed E-state index contributed by atoms with van der Waals surface area (Å²) in [6.07, 6.45) is 0. The summed E-state index contributed by atoms with van der Waals surface area (Å²) >= 11 is 1.16. The molecule has 208 valence electrons. The summed E-state index contributed by atoms with van der Waals surface area (Å²) in [7, 11) is 3.10. The van der Waals surface area contributed by atoms with Crippen LogP contribution in [0.15, 0.2) is 71.8 Å². The number of non-ortho nitro benzene ring substituents is 1. The van der Waals surface area contributed by atoms with Crippen molar-refractivity contribution < 1.29 is 19.2 Å². The molecule has 1 aromatic heterocycles. The van der Waals surface area contributed by atoms with Crippen LogP contribution in [-0.4, -0.2) is 35.3 Å². The molecule has 0 spiro atoms. The first-order valence-corrected chi connectivity index (χ1v) is 13.5. The number of aromatic nitrogens is 1. The van der Waals surface area contributed by atoms with E-state index in [1.807, 2.05) is 43.3 Å². The number of aryl methyl sites for hydroxylation is 2. The number of nitro groups is 1. The number of ether oxygens (including phenoxy) is 2. The van der Waals surface area contributed by atoms with E-state index in [4.69, 9.17) is 14.5 Å². The molecule has 1 heterocycles. The highest BCUT2D eigenvalue weighted by Crippen LogP contribution is 2.39. The minimum atomic E-state index is -0.643. The molecule has 0 aliphatic carbocycles. The Hall–Kier alpha value is -4.88. The Kier molecular flexibility index (Phi) is 8.90. The molecule has 1 N–H and O–H groups in total. The van der Waals surface area contributed by atoms with Gasteiger partial charge in [0.1, 0.15) is 11.1 Å². The molecular formula is C31H28N4O5S. The number of pyridine rings is 1. The van der Waals surface area contributed by atoms with Crippen LogP contribution in [0.4, 0.5) is 11.4 Å². The van der Waals surface area contributed by atoms with Crippen molar-refractivity contribution in [3.05, 3.63) is 93.5 Å². The normalized spacial score (nSPS) is 11.3. The van der Waals surface area contributed by atoms with Crippen molar-refractivity contribution >= 4 is 29.0 Å². The molecule has 0 unspecified atom stereocenters. The lowest BCUT2D eigenvalue weighted by molar-refractivity contribution is -0.384. The fraction of sp³-hybridized carbons (Fsp3) is 0.194. The number of hydrogen-bond donors (Lipinski definition) is 1. The van der Waals surface area contributed by atoms with E-state index in [1.54, 1.807) is 40.2 Å². The summed E-state index contributed by atoms with van der Waals surface area (Å²) in [6.45, 7) is 5.41. The quantitative estimate of drug-likeness (QED) is 0.131. The number of nitro benzene ring substituents is 1. The molecule has 0 bridgehead atoms. The largest absolute Gasteiger partial charge is 0.493 e. The average molecular weight is 569 g/mol. The van der Waals surface area contributed by atoms with Gasteiger partial charge in [0.15, 0.2) is 11.5 Å².